The lowest BCUT2D eigenvalue weighted by Gasteiger charge is -2.19. The van der Waals surface area contributed by atoms with E-state index in [2.05, 4.69) is 11.2 Å². The van der Waals surface area contributed by atoms with Gasteiger partial charge in [-0.2, -0.15) is 0 Å². The fraction of sp³-hybridized carbons (Fsp3) is 0.250. The summed E-state index contributed by atoms with van der Waals surface area (Å²) in [6.07, 6.45) is 2.26. The highest BCUT2D eigenvalue weighted by Gasteiger charge is 2.17. The molecule has 84 valence electrons. The summed E-state index contributed by atoms with van der Waals surface area (Å²) in [5.41, 5.74) is 8.86. The molecule has 0 amide bonds. The van der Waals surface area contributed by atoms with E-state index in [1.807, 2.05) is 18.2 Å². The predicted octanol–water partition coefficient (Wildman–Crippen LogP) is 2.72. The molecule has 3 N–H and O–H groups in total. The first-order chi connectivity index (χ1) is 7.72. The van der Waals surface area contributed by atoms with Gasteiger partial charge in [-0.1, -0.05) is 41.0 Å². The number of nitrogens with zero attached hydrogens (tertiary/aromatic N) is 1. The van der Waals surface area contributed by atoms with Gasteiger partial charge in [-0.25, -0.2) is 0 Å². The normalized spacial score (nSPS) is 16.2. The van der Waals surface area contributed by atoms with E-state index in [1.165, 1.54) is 5.56 Å². The van der Waals surface area contributed by atoms with Crippen LogP contribution >= 0.6 is 11.6 Å². The van der Waals surface area contributed by atoms with E-state index in [9.17, 15) is 0 Å². The van der Waals surface area contributed by atoms with Crippen molar-refractivity contribution in [1.82, 2.24) is 0 Å². The van der Waals surface area contributed by atoms with E-state index in [0.29, 0.717) is 6.42 Å². The van der Waals surface area contributed by atoms with Gasteiger partial charge in [-0.05, 0) is 29.5 Å². The molecule has 1 aromatic carbocycles. The highest BCUT2D eigenvalue weighted by Crippen LogP contribution is 2.35. The fourth-order valence-electron chi connectivity index (χ4n) is 1.96. The first-order valence-electron chi connectivity index (χ1n) is 5.14. The number of nitrogens with two attached hydrogens (primary N) is 1. The summed E-state index contributed by atoms with van der Waals surface area (Å²) in [6.45, 7) is 0. The van der Waals surface area contributed by atoms with Crippen LogP contribution in [0.15, 0.2) is 35.0 Å². The molecular weight excluding hydrogens is 224 g/mol. The number of benzene rings is 1. The Bertz CT molecular complexity index is 466. The molecule has 0 radical (unpaired) electrons. The van der Waals surface area contributed by atoms with E-state index >= 15 is 0 Å². The van der Waals surface area contributed by atoms with Crippen molar-refractivity contribution < 1.29 is 5.21 Å². The first kappa shape index (κ1) is 11.0. The molecule has 0 bridgehead atoms. The van der Waals surface area contributed by atoms with E-state index in [0.717, 1.165) is 29.0 Å². The summed E-state index contributed by atoms with van der Waals surface area (Å²) >= 11 is 6.30. The molecule has 0 fully saturated rings. The van der Waals surface area contributed by atoms with Crippen LogP contribution in [0, 0.1) is 0 Å². The molecule has 1 aliphatic rings. The van der Waals surface area contributed by atoms with Gasteiger partial charge in [0.25, 0.3) is 0 Å². The summed E-state index contributed by atoms with van der Waals surface area (Å²) < 4.78 is 0. The topological polar surface area (TPSA) is 58.6 Å². The number of hydrogen-bond donors (Lipinski definition) is 2. The van der Waals surface area contributed by atoms with E-state index in [4.69, 9.17) is 22.5 Å². The van der Waals surface area contributed by atoms with Gasteiger partial charge in [0.05, 0.1) is 0 Å². The number of fused-ring (bicyclic) bond motifs is 1. The van der Waals surface area contributed by atoms with Crippen LogP contribution in [0.3, 0.4) is 0 Å². The van der Waals surface area contributed by atoms with Crippen LogP contribution in [-0.4, -0.2) is 11.0 Å². The molecule has 0 atom stereocenters. The van der Waals surface area contributed by atoms with Crippen LogP contribution < -0.4 is 5.73 Å². The van der Waals surface area contributed by atoms with Crippen LogP contribution in [0.4, 0.5) is 0 Å². The zero-order chi connectivity index (χ0) is 11.5. The molecule has 0 heterocycles. The predicted molar refractivity (Wildman–Crippen MR) is 65.6 cm³/mol. The Hall–Kier alpha value is -1.48. The molecule has 0 spiro atoms. The van der Waals surface area contributed by atoms with Gasteiger partial charge in [0, 0.05) is 11.5 Å². The lowest BCUT2D eigenvalue weighted by molar-refractivity contribution is 0.317. The summed E-state index contributed by atoms with van der Waals surface area (Å²) in [5.74, 6) is 0.201. The molecule has 0 unspecified atom stereocenters. The van der Waals surface area contributed by atoms with Crippen molar-refractivity contribution in [2.75, 3.05) is 0 Å². The van der Waals surface area contributed by atoms with Gasteiger partial charge >= 0.3 is 0 Å². The average Bonchev–Trinajstić information content (AvgIpc) is 2.33. The Morgan fingerprint density at radius 1 is 1.38 bits per heavy atom. The second kappa shape index (κ2) is 4.58. The number of aryl methyl sites for hydroxylation is 1. The minimum Gasteiger partial charge on any atom is -0.409 e. The van der Waals surface area contributed by atoms with E-state index in [-0.39, 0.29) is 5.84 Å². The monoisotopic (exact) mass is 236 g/mol. The third-order valence-corrected chi connectivity index (χ3v) is 3.25. The number of halogens is 1. The Labute approximate surface area is 99.2 Å². The maximum atomic E-state index is 8.54. The second-order valence-corrected chi connectivity index (χ2v) is 4.22. The van der Waals surface area contributed by atoms with Gasteiger partial charge in [0.15, 0.2) is 0 Å². The van der Waals surface area contributed by atoms with Gasteiger partial charge < -0.3 is 10.9 Å². The van der Waals surface area contributed by atoms with Crippen LogP contribution in [-0.2, 0) is 6.42 Å². The van der Waals surface area contributed by atoms with Gasteiger partial charge in [-0.3, -0.25) is 0 Å². The lowest BCUT2D eigenvalue weighted by atomic mass is 9.90. The van der Waals surface area contributed by atoms with Crippen molar-refractivity contribution in [3.8, 4) is 0 Å². The molecule has 4 heteroatoms. The molecule has 0 saturated heterocycles. The third kappa shape index (κ3) is 2.04. The summed E-state index contributed by atoms with van der Waals surface area (Å²) in [6, 6.07) is 8.06. The molecule has 2 rings (SSSR count). The molecule has 16 heavy (non-hydrogen) atoms. The number of amidine groups is 1. The zero-order valence-corrected chi connectivity index (χ0v) is 9.54. The van der Waals surface area contributed by atoms with Crippen molar-refractivity contribution in [2.24, 2.45) is 10.9 Å². The van der Waals surface area contributed by atoms with Gasteiger partial charge in [-0.15, -0.1) is 0 Å². The summed E-state index contributed by atoms with van der Waals surface area (Å²) in [7, 11) is 0. The maximum absolute atomic E-state index is 8.54. The first-order valence-corrected chi connectivity index (χ1v) is 5.52. The largest absolute Gasteiger partial charge is 0.409 e. The van der Waals surface area contributed by atoms with E-state index < -0.39 is 0 Å². The minimum atomic E-state index is 0.201. The Morgan fingerprint density at radius 2 is 2.12 bits per heavy atom. The van der Waals surface area contributed by atoms with Crippen molar-refractivity contribution in [3.63, 3.8) is 0 Å². The van der Waals surface area contributed by atoms with Crippen molar-refractivity contribution in [3.05, 3.63) is 41.0 Å². The van der Waals surface area contributed by atoms with Crippen molar-refractivity contribution in [2.45, 2.75) is 19.3 Å². The molecule has 1 aliphatic carbocycles. The molecule has 0 saturated carbocycles. The molecule has 1 aromatic rings. The second-order valence-electron chi connectivity index (χ2n) is 3.84. The third-order valence-electron chi connectivity index (χ3n) is 2.78. The Morgan fingerprint density at radius 3 is 2.88 bits per heavy atom. The number of hydrogen-bond acceptors (Lipinski definition) is 2. The smallest absolute Gasteiger partial charge is 0.143 e. The molecule has 3 nitrogen and oxygen atoms in total. The fourth-order valence-corrected chi connectivity index (χ4v) is 2.30. The van der Waals surface area contributed by atoms with Gasteiger partial charge in [0.1, 0.15) is 5.84 Å². The van der Waals surface area contributed by atoms with Crippen LogP contribution in [0.25, 0.3) is 5.03 Å². The van der Waals surface area contributed by atoms with Crippen molar-refractivity contribution in [1.29, 1.82) is 0 Å². The van der Waals surface area contributed by atoms with Crippen LogP contribution in [0.1, 0.15) is 24.0 Å². The summed E-state index contributed by atoms with van der Waals surface area (Å²) in [4.78, 5) is 0. The Balaban J connectivity index is 2.35. The molecule has 0 aromatic heterocycles. The van der Waals surface area contributed by atoms with Gasteiger partial charge in [0.2, 0.25) is 0 Å². The highest BCUT2D eigenvalue weighted by molar-refractivity contribution is 6.49. The lowest BCUT2D eigenvalue weighted by Crippen LogP contribution is -2.14. The Kier molecular flexibility index (Phi) is 3.15. The minimum absolute atomic E-state index is 0.201. The van der Waals surface area contributed by atoms with Crippen LogP contribution in [0.5, 0.6) is 0 Å². The number of rotatable bonds is 2. The van der Waals surface area contributed by atoms with Crippen molar-refractivity contribution >= 4 is 22.5 Å². The standard InChI is InChI=1S/C12H13ClN2O/c13-12-9(7-11(14)15-16)6-5-8-3-1-2-4-10(8)12/h1-4,16H,5-7H2,(H2,14,15). The van der Waals surface area contributed by atoms with E-state index in [1.54, 1.807) is 0 Å². The summed E-state index contributed by atoms with van der Waals surface area (Å²) in [5, 5.41) is 12.3. The average molecular weight is 237 g/mol. The number of oxime groups is 1. The molecule has 0 aliphatic heterocycles. The highest BCUT2D eigenvalue weighted by atomic mass is 35.5. The SMILES string of the molecule is NC(CC1=C(Cl)c2ccccc2CC1)=NO. The molecular formula is C12H13ClN2O. The maximum Gasteiger partial charge on any atom is 0.143 e. The van der Waals surface area contributed by atoms with Crippen LogP contribution in [0.2, 0.25) is 0 Å². The zero-order valence-electron chi connectivity index (χ0n) is 8.78. The quantitative estimate of drug-likeness (QED) is 0.359.